The van der Waals surface area contributed by atoms with Gasteiger partial charge in [0.15, 0.2) is 0 Å². The van der Waals surface area contributed by atoms with E-state index in [1.807, 2.05) is 24.3 Å². The summed E-state index contributed by atoms with van der Waals surface area (Å²) in [4.78, 5) is 15.6. The van der Waals surface area contributed by atoms with Gasteiger partial charge in [0, 0.05) is 24.6 Å². The molecule has 11 heteroatoms. The summed E-state index contributed by atoms with van der Waals surface area (Å²) in [6.45, 7) is 2.25. The molecule has 1 aliphatic rings. The van der Waals surface area contributed by atoms with Gasteiger partial charge in [0.25, 0.3) is 6.71 Å². The molecule has 2 N–H and O–H groups in total. The van der Waals surface area contributed by atoms with Crippen molar-refractivity contribution in [3.63, 3.8) is 0 Å². The highest BCUT2D eigenvalue weighted by Gasteiger charge is 2.23. The fraction of sp³-hybridized carbons (Fsp3) is 0.208. The van der Waals surface area contributed by atoms with Gasteiger partial charge >= 0.3 is 0 Å². The number of nitrogens with zero attached hydrogens (tertiary/aromatic N) is 9. The molecule has 170 valence electrons. The van der Waals surface area contributed by atoms with Gasteiger partial charge in [-0.25, -0.2) is 24.9 Å². The number of nitrogens with two attached hydrogens (primary N) is 1. The molecule has 1 aliphatic heterocycles. The zero-order valence-electron chi connectivity index (χ0n) is 18.9. The Morgan fingerprint density at radius 3 is 2.54 bits per heavy atom. The Hall–Kier alpha value is -4.77. The highest BCUT2D eigenvalue weighted by atomic mass is 15.4. The lowest BCUT2D eigenvalue weighted by Gasteiger charge is -2.29. The summed E-state index contributed by atoms with van der Waals surface area (Å²) in [6, 6.07) is 17.0. The highest BCUT2D eigenvalue weighted by Crippen LogP contribution is 2.24. The van der Waals surface area contributed by atoms with Gasteiger partial charge in [0.2, 0.25) is 5.95 Å². The van der Waals surface area contributed by atoms with Crippen LogP contribution in [-0.2, 0) is 6.54 Å². The Morgan fingerprint density at radius 2 is 1.74 bits per heavy atom. The first kappa shape index (κ1) is 22.0. The molecule has 35 heavy (non-hydrogen) atoms. The molecule has 0 bridgehead atoms. The number of hydrogen-bond donors (Lipinski definition) is 1. The SMILES string of the molecule is N#CB1CCN(c2cccc(Cn3cc(-c4cc(-c5cccc(C#N)c5)nc(N)n4)nn3)n2)CC1. The van der Waals surface area contributed by atoms with Gasteiger partial charge in [0.05, 0.1) is 41.5 Å². The van der Waals surface area contributed by atoms with E-state index < -0.39 is 0 Å². The standard InChI is InChI=1S/C24H21BN10/c26-13-17-3-1-4-18(11-17)20-12-21(31-24(28)30-20)22-15-35(33-32-22)14-19-5-2-6-23(29-19)34-9-7-25(16-27)8-10-34/h1-6,11-12,15H,7-10,14H2,(H2,28,30,31). The molecule has 5 rings (SSSR count). The second-order valence-electron chi connectivity index (χ2n) is 8.37. The molecule has 0 unspecified atom stereocenters. The van der Waals surface area contributed by atoms with E-state index in [1.54, 1.807) is 35.1 Å². The van der Waals surface area contributed by atoms with E-state index >= 15 is 0 Å². The first-order valence-electron chi connectivity index (χ1n) is 11.3. The van der Waals surface area contributed by atoms with Crippen LogP contribution in [0.1, 0.15) is 11.3 Å². The Bertz CT molecular complexity index is 1440. The zero-order chi connectivity index (χ0) is 24.2. The predicted octanol–water partition coefficient (Wildman–Crippen LogP) is 2.68. The normalized spacial score (nSPS) is 13.3. The Labute approximate surface area is 202 Å². The molecule has 4 heterocycles. The molecule has 0 atom stereocenters. The fourth-order valence-corrected chi connectivity index (χ4v) is 4.12. The summed E-state index contributed by atoms with van der Waals surface area (Å²) in [7, 11) is 0. The average molecular weight is 460 g/mol. The third kappa shape index (κ3) is 4.94. The van der Waals surface area contributed by atoms with E-state index in [9.17, 15) is 5.26 Å². The molecule has 0 saturated carbocycles. The molecular weight excluding hydrogens is 439 g/mol. The second-order valence-corrected chi connectivity index (χ2v) is 8.37. The summed E-state index contributed by atoms with van der Waals surface area (Å²) in [5, 5.41) is 26.8. The maximum absolute atomic E-state index is 9.18. The van der Waals surface area contributed by atoms with Crippen LogP contribution in [0.3, 0.4) is 0 Å². The summed E-state index contributed by atoms with van der Waals surface area (Å²) < 4.78 is 1.71. The topological polar surface area (TPSA) is 146 Å². The maximum Gasteiger partial charge on any atom is 0.271 e. The van der Waals surface area contributed by atoms with E-state index in [4.69, 9.17) is 16.0 Å². The lowest BCUT2D eigenvalue weighted by Crippen LogP contribution is -2.37. The fourth-order valence-electron chi connectivity index (χ4n) is 4.12. The third-order valence-electron chi connectivity index (χ3n) is 5.95. The van der Waals surface area contributed by atoms with Crippen LogP contribution in [0.2, 0.25) is 12.6 Å². The van der Waals surface area contributed by atoms with Crippen molar-refractivity contribution < 1.29 is 0 Å². The molecule has 3 aromatic heterocycles. The van der Waals surface area contributed by atoms with E-state index in [1.165, 1.54) is 0 Å². The maximum atomic E-state index is 9.18. The molecule has 0 radical (unpaired) electrons. The molecule has 0 spiro atoms. The Morgan fingerprint density at radius 1 is 0.943 bits per heavy atom. The molecule has 1 fully saturated rings. The van der Waals surface area contributed by atoms with Crippen molar-refractivity contribution >= 4 is 18.5 Å². The van der Waals surface area contributed by atoms with Crippen LogP contribution in [0.25, 0.3) is 22.6 Å². The van der Waals surface area contributed by atoms with Gasteiger partial charge in [-0.3, -0.25) is 0 Å². The van der Waals surface area contributed by atoms with Crippen LogP contribution < -0.4 is 10.6 Å². The van der Waals surface area contributed by atoms with Gasteiger partial charge in [0.1, 0.15) is 11.5 Å². The number of nitriles is 2. The van der Waals surface area contributed by atoms with Gasteiger partial charge in [-0.15, -0.1) is 5.10 Å². The largest absolute Gasteiger partial charge is 0.368 e. The molecule has 1 saturated heterocycles. The minimum atomic E-state index is 0.115. The summed E-state index contributed by atoms with van der Waals surface area (Å²) in [6.07, 6.45) is 3.52. The van der Waals surface area contributed by atoms with E-state index in [2.05, 4.69) is 37.2 Å². The first-order chi connectivity index (χ1) is 17.1. The smallest absolute Gasteiger partial charge is 0.271 e. The number of aromatic nitrogens is 6. The molecule has 4 aromatic rings. The molecule has 0 aliphatic carbocycles. The lowest BCUT2D eigenvalue weighted by molar-refractivity contribution is 0.637. The number of rotatable bonds is 5. The van der Waals surface area contributed by atoms with Crippen molar-refractivity contribution in [2.24, 2.45) is 0 Å². The predicted molar refractivity (Wildman–Crippen MR) is 132 cm³/mol. The minimum Gasteiger partial charge on any atom is -0.368 e. The van der Waals surface area contributed by atoms with Crippen LogP contribution in [0.5, 0.6) is 0 Å². The number of anilines is 2. The monoisotopic (exact) mass is 460 g/mol. The van der Waals surface area contributed by atoms with Crippen LogP contribution in [0.4, 0.5) is 11.8 Å². The van der Waals surface area contributed by atoms with Crippen molar-refractivity contribution in [3.05, 3.63) is 66.0 Å². The third-order valence-corrected chi connectivity index (χ3v) is 5.95. The van der Waals surface area contributed by atoms with Crippen LogP contribution >= 0.6 is 0 Å². The second kappa shape index (κ2) is 9.61. The van der Waals surface area contributed by atoms with Gasteiger partial charge in [-0.2, -0.15) is 5.26 Å². The molecular formula is C24H21BN10. The summed E-state index contributed by atoms with van der Waals surface area (Å²) in [5.74, 6) is 3.39. The minimum absolute atomic E-state index is 0.115. The lowest BCUT2D eigenvalue weighted by atomic mass is 9.45. The van der Waals surface area contributed by atoms with Gasteiger partial charge < -0.3 is 10.6 Å². The van der Waals surface area contributed by atoms with E-state index in [-0.39, 0.29) is 12.7 Å². The van der Waals surface area contributed by atoms with E-state index in [0.29, 0.717) is 29.2 Å². The average Bonchev–Trinajstić information content (AvgIpc) is 3.37. The zero-order valence-corrected chi connectivity index (χ0v) is 18.9. The van der Waals surface area contributed by atoms with Crippen LogP contribution in [0.15, 0.2) is 54.7 Å². The highest BCUT2D eigenvalue weighted by molar-refractivity contribution is 6.67. The van der Waals surface area contributed by atoms with Crippen molar-refractivity contribution in [1.82, 2.24) is 29.9 Å². The molecule has 1 aromatic carbocycles. The van der Waals surface area contributed by atoms with Crippen LogP contribution in [-0.4, -0.2) is 49.7 Å². The quantitative estimate of drug-likeness (QED) is 0.444. The number of hydrogen-bond acceptors (Lipinski definition) is 9. The molecule has 10 nitrogen and oxygen atoms in total. The number of nitrogen functional groups attached to an aromatic ring is 1. The Kier molecular flexibility index (Phi) is 6.06. The van der Waals surface area contributed by atoms with Crippen LogP contribution in [0, 0.1) is 22.6 Å². The van der Waals surface area contributed by atoms with Crippen molar-refractivity contribution in [2.75, 3.05) is 23.7 Å². The number of benzene rings is 1. The van der Waals surface area contributed by atoms with E-state index in [0.717, 1.165) is 42.8 Å². The first-order valence-corrected chi connectivity index (χ1v) is 11.3. The molecule has 0 amide bonds. The van der Waals surface area contributed by atoms with Gasteiger partial charge in [-0.1, -0.05) is 23.4 Å². The van der Waals surface area contributed by atoms with Crippen molar-refractivity contribution in [3.8, 4) is 34.7 Å². The van der Waals surface area contributed by atoms with Crippen molar-refractivity contribution in [2.45, 2.75) is 19.2 Å². The van der Waals surface area contributed by atoms with Crippen molar-refractivity contribution in [1.29, 1.82) is 10.5 Å². The number of pyridine rings is 1. The summed E-state index contributed by atoms with van der Waals surface area (Å²) >= 11 is 0. The Balaban J connectivity index is 1.34. The summed E-state index contributed by atoms with van der Waals surface area (Å²) in [5.41, 5.74) is 9.84. The van der Waals surface area contributed by atoms with Gasteiger partial charge in [-0.05, 0) is 43.0 Å².